The molecule has 108 valence electrons. The van der Waals surface area contributed by atoms with E-state index in [1.54, 1.807) is 29.5 Å². The fourth-order valence-electron chi connectivity index (χ4n) is 1.97. The molecule has 0 fully saturated rings. The molecule has 1 N–H and O–H groups in total. The Kier molecular flexibility index (Phi) is 3.82. The molecule has 0 saturated heterocycles. The number of carbonyl (C=O) groups is 1. The maximum Gasteiger partial charge on any atom is 0.313 e. The van der Waals surface area contributed by atoms with Crippen LogP contribution in [0.1, 0.15) is 0 Å². The van der Waals surface area contributed by atoms with Crippen molar-refractivity contribution in [1.29, 1.82) is 0 Å². The molecule has 0 aliphatic carbocycles. The smallest absolute Gasteiger partial charge is 0.313 e. The minimum absolute atomic E-state index is 0.0277. The third-order valence-corrected chi connectivity index (χ3v) is 3.83. The van der Waals surface area contributed by atoms with Crippen molar-refractivity contribution in [3.8, 4) is 0 Å². The lowest BCUT2D eigenvalue weighted by atomic mass is 10.4. The van der Waals surface area contributed by atoms with Gasteiger partial charge in [-0.1, -0.05) is 17.0 Å². The van der Waals surface area contributed by atoms with Crippen LogP contribution in [0.4, 0.5) is 0 Å². The van der Waals surface area contributed by atoms with Crippen LogP contribution in [-0.2, 0) is 17.9 Å². The maximum atomic E-state index is 10.8. The number of carboxylic acid groups (broad SMARTS) is 1. The zero-order valence-corrected chi connectivity index (χ0v) is 11.8. The predicted octanol–water partition coefficient (Wildman–Crippen LogP) is 0.900. The number of rotatable bonds is 6. The largest absolute Gasteiger partial charge is 0.481 e. The molecule has 0 radical (unpaired) electrons. The van der Waals surface area contributed by atoms with Gasteiger partial charge in [-0.05, 0) is 6.07 Å². The summed E-state index contributed by atoms with van der Waals surface area (Å²) in [5, 5.41) is 17.2. The van der Waals surface area contributed by atoms with Crippen molar-refractivity contribution in [3.05, 3.63) is 30.9 Å². The number of hydrogen-bond acceptors (Lipinski definition) is 6. The van der Waals surface area contributed by atoms with Crippen LogP contribution < -0.4 is 0 Å². The molecule has 3 aromatic heterocycles. The summed E-state index contributed by atoms with van der Waals surface area (Å²) in [6, 6.07) is 1.87. The van der Waals surface area contributed by atoms with E-state index in [1.165, 1.54) is 11.8 Å². The molecule has 3 aromatic rings. The number of nitrogens with zero attached hydrogens (tertiary/aromatic N) is 6. The highest BCUT2D eigenvalue weighted by Gasteiger charge is 2.12. The first-order valence-electron chi connectivity index (χ1n) is 6.23. The first kappa shape index (κ1) is 13.6. The van der Waals surface area contributed by atoms with E-state index in [0.29, 0.717) is 18.2 Å². The fourth-order valence-corrected chi connectivity index (χ4v) is 2.73. The molecule has 0 aliphatic heterocycles. The second-order valence-corrected chi connectivity index (χ2v) is 5.20. The van der Waals surface area contributed by atoms with Gasteiger partial charge < -0.3 is 9.67 Å². The fraction of sp³-hybridized carbons (Fsp3) is 0.250. The first-order valence-corrected chi connectivity index (χ1v) is 7.21. The van der Waals surface area contributed by atoms with Gasteiger partial charge in [-0.15, -0.1) is 5.10 Å². The van der Waals surface area contributed by atoms with Gasteiger partial charge >= 0.3 is 5.97 Å². The number of thioether (sulfide) groups is 1. The number of carboxylic acids is 1. The Morgan fingerprint density at radius 2 is 2.24 bits per heavy atom. The quantitative estimate of drug-likeness (QED) is 0.675. The predicted molar refractivity (Wildman–Crippen MR) is 75.9 cm³/mol. The van der Waals surface area contributed by atoms with Gasteiger partial charge in [0.05, 0.1) is 30.2 Å². The Labute approximate surface area is 123 Å². The summed E-state index contributed by atoms with van der Waals surface area (Å²) < 4.78 is 3.70. The zero-order valence-electron chi connectivity index (χ0n) is 11.0. The normalized spacial score (nSPS) is 11.0. The average molecular weight is 304 g/mol. The van der Waals surface area contributed by atoms with E-state index in [2.05, 4.69) is 20.3 Å². The second kappa shape index (κ2) is 5.92. The van der Waals surface area contributed by atoms with Crippen LogP contribution in [0.5, 0.6) is 0 Å². The van der Waals surface area contributed by atoms with Crippen LogP contribution >= 0.6 is 11.8 Å². The molecule has 0 unspecified atom stereocenters. The molecule has 3 heterocycles. The van der Waals surface area contributed by atoms with Crippen LogP contribution in [0, 0.1) is 0 Å². The highest BCUT2D eigenvalue weighted by molar-refractivity contribution is 7.99. The number of aromatic nitrogens is 6. The van der Waals surface area contributed by atoms with Crippen molar-refractivity contribution in [2.75, 3.05) is 5.75 Å². The highest BCUT2D eigenvalue weighted by atomic mass is 32.2. The highest BCUT2D eigenvalue weighted by Crippen LogP contribution is 2.23. The molecule has 8 nitrogen and oxygen atoms in total. The van der Waals surface area contributed by atoms with Gasteiger partial charge in [-0.2, -0.15) is 0 Å². The molecule has 0 aliphatic rings. The van der Waals surface area contributed by atoms with Gasteiger partial charge in [0.15, 0.2) is 5.16 Å². The number of fused-ring (bicyclic) bond motifs is 1. The molecular formula is C12H12N6O2S. The molecule has 0 spiro atoms. The molecule has 0 bridgehead atoms. The molecule has 0 amide bonds. The van der Waals surface area contributed by atoms with E-state index in [0.717, 1.165) is 11.0 Å². The monoisotopic (exact) mass is 304 g/mol. The standard InChI is InChI=1S/C12H12N6O2S/c19-11(20)8-21-12-15-9-7-13-2-1-10(9)18(12)6-5-17-4-3-14-16-17/h1-4,7H,5-6,8H2,(H,19,20). The number of aliphatic carboxylic acids is 1. The average Bonchev–Trinajstić information content (AvgIpc) is 3.10. The van der Waals surface area contributed by atoms with Crippen LogP contribution in [0.25, 0.3) is 11.0 Å². The molecule has 21 heavy (non-hydrogen) atoms. The van der Waals surface area contributed by atoms with Crippen molar-refractivity contribution in [3.63, 3.8) is 0 Å². The molecule has 3 rings (SSSR count). The Balaban J connectivity index is 1.89. The van der Waals surface area contributed by atoms with Gasteiger partial charge in [-0.3, -0.25) is 14.5 Å². The summed E-state index contributed by atoms with van der Waals surface area (Å²) in [6.45, 7) is 1.26. The summed E-state index contributed by atoms with van der Waals surface area (Å²) in [4.78, 5) is 19.2. The van der Waals surface area contributed by atoms with Crippen molar-refractivity contribution in [1.82, 2.24) is 29.5 Å². The number of hydrogen-bond donors (Lipinski definition) is 1. The van der Waals surface area contributed by atoms with Crippen LogP contribution in [-0.4, -0.2) is 46.4 Å². The van der Waals surface area contributed by atoms with Crippen LogP contribution in [0.2, 0.25) is 0 Å². The molecule has 0 aromatic carbocycles. The Hall–Kier alpha value is -2.42. The molecule has 9 heteroatoms. The third kappa shape index (κ3) is 3.02. The summed E-state index contributed by atoms with van der Waals surface area (Å²) in [6.07, 6.45) is 6.77. The minimum Gasteiger partial charge on any atom is -0.481 e. The van der Waals surface area contributed by atoms with Gasteiger partial charge in [0, 0.05) is 18.9 Å². The van der Waals surface area contributed by atoms with E-state index in [4.69, 9.17) is 5.11 Å². The lowest BCUT2D eigenvalue weighted by Gasteiger charge is -2.07. The van der Waals surface area contributed by atoms with Gasteiger partial charge in [-0.25, -0.2) is 4.98 Å². The molecule has 0 atom stereocenters. The lowest BCUT2D eigenvalue weighted by molar-refractivity contribution is -0.133. The zero-order chi connectivity index (χ0) is 14.7. The summed E-state index contributed by atoms with van der Waals surface area (Å²) in [5.74, 6) is -0.895. The van der Waals surface area contributed by atoms with Crippen molar-refractivity contribution in [2.45, 2.75) is 18.2 Å². The lowest BCUT2D eigenvalue weighted by Crippen LogP contribution is -2.10. The number of pyridine rings is 1. The van der Waals surface area contributed by atoms with E-state index in [9.17, 15) is 4.79 Å². The number of aryl methyl sites for hydroxylation is 2. The van der Waals surface area contributed by atoms with Crippen molar-refractivity contribution in [2.24, 2.45) is 0 Å². The Morgan fingerprint density at radius 1 is 1.33 bits per heavy atom. The van der Waals surface area contributed by atoms with Crippen LogP contribution in [0.3, 0.4) is 0 Å². The third-order valence-electron chi connectivity index (χ3n) is 2.86. The van der Waals surface area contributed by atoms with Crippen LogP contribution in [0.15, 0.2) is 36.0 Å². The van der Waals surface area contributed by atoms with E-state index < -0.39 is 5.97 Å². The first-order chi connectivity index (χ1) is 10.2. The van der Waals surface area contributed by atoms with Gasteiger partial charge in [0.25, 0.3) is 0 Å². The van der Waals surface area contributed by atoms with E-state index in [-0.39, 0.29) is 5.75 Å². The summed E-state index contributed by atoms with van der Waals surface area (Å²) >= 11 is 1.20. The van der Waals surface area contributed by atoms with Crippen molar-refractivity contribution >= 4 is 28.8 Å². The topological polar surface area (TPSA) is 98.7 Å². The minimum atomic E-state index is -0.868. The van der Waals surface area contributed by atoms with E-state index in [1.807, 2.05) is 10.6 Å². The Morgan fingerprint density at radius 3 is 3.00 bits per heavy atom. The van der Waals surface area contributed by atoms with E-state index >= 15 is 0 Å². The summed E-state index contributed by atoms with van der Waals surface area (Å²) in [7, 11) is 0. The number of imidazole rings is 1. The van der Waals surface area contributed by atoms with Gasteiger partial charge in [0.1, 0.15) is 5.52 Å². The maximum absolute atomic E-state index is 10.8. The van der Waals surface area contributed by atoms with Gasteiger partial charge in [0.2, 0.25) is 0 Å². The molecule has 0 saturated carbocycles. The second-order valence-electron chi connectivity index (χ2n) is 4.26. The van der Waals surface area contributed by atoms with Crippen molar-refractivity contribution < 1.29 is 9.90 Å². The molecular weight excluding hydrogens is 292 g/mol. The Bertz CT molecular complexity index is 754. The summed E-state index contributed by atoms with van der Waals surface area (Å²) in [5.41, 5.74) is 1.68. The SMILES string of the molecule is O=C(O)CSc1nc2cnccc2n1CCn1ccnn1.